The number of oxime groups is 1. The number of amidine groups is 1. The first kappa shape index (κ1) is 17.5. The van der Waals surface area contributed by atoms with E-state index >= 15 is 0 Å². The fourth-order valence-electron chi connectivity index (χ4n) is 2.71. The standard InChI is InChI=1S/C19H22N4OS/c1-14(23-24-13-15-6-9-21-10-7-15)16-4-3-5-17(12-16)19(2)8-11-25-18(20)22-19/h3-7,9-10,12H,8,11,13H2,1-2H3,(H2,20,22). The van der Waals surface area contributed by atoms with Gasteiger partial charge < -0.3 is 10.6 Å². The molecule has 1 unspecified atom stereocenters. The molecule has 0 amide bonds. The number of nitrogens with zero attached hydrogens (tertiary/aromatic N) is 3. The summed E-state index contributed by atoms with van der Waals surface area (Å²) in [5.41, 5.74) is 9.71. The molecule has 25 heavy (non-hydrogen) atoms. The Balaban J connectivity index is 1.74. The maximum absolute atomic E-state index is 5.93. The molecule has 0 radical (unpaired) electrons. The highest BCUT2D eigenvalue weighted by atomic mass is 32.2. The number of pyridine rings is 1. The first-order chi connectivity index (χ1) is 12.1. The molecule has 2 N–H and O–H groups in total. The van der Waals surface area contributed by atoms with E-state index in [1.54, 1.807) is 24.2 Å². The third-order valence-electron chi connectivity index (χ3n) is 4.28. The lowest BCUT2D eigenvalue weighted by Crippen LogP contribution is -2.28. The fourth-order valence-corrected chi connectivity index (χ4v) is 3.68. The van der Waals surface area contributed by atoms with Crippen molar-refractivity contribution in [1.29, 1.82) is 0 Å². The Morgan fingerprint density at radius 1 is 1.32 bits per heavy atom. The van der Waals surface area contributed by atoms with E-state index in [9.17, 15) is 0 Å². The van der Waals surface area contributed by atoms with E-state index in [2.05, 4.69) is 34.2 Å². The zero-order valence-corrected chi connectivity index (χ0v) is 15.3. The second-order valence-corrected chi connectivity index (χ2v) is 7.32. The predicted octanol–water partition coefficient (Wildman–Crippen LogP) is 3.69. The molecule has 1 aliphatic rings. The van der Waals surface area contributed by atoms with Gasteiger partial charge in [-0.2, -0.15) is 0 Å². The number of benzene rings is 1. The van der Waals surface area contributed by atoms with Gasteiger partial charge in [0.25, 0.3) is 0 Å². The molecule has 1 aliphatic heterocycles. The lowest BCUT2D eigenvalue weighted by atomic mass is 9.88. The highest BCUT2D eigenvalue weighted by Gasteiger charge is 2.29. The van der Waals surface area contributed by atoms with Crippen LogP contribution in [0.2, 0.25) is 0 Å². The maximum atomic E-state index is 5.93. The molecule has 130 valence electrons. The molecule has 1 aromatic carbocycles. The van der Waals surface area contributed by atoms with Gasteiger partial charge in [0.15, 0.2) is 5.17 Å². The molecule has 0 aliphatic carbocycles. The molecular formula is C19H22N4OS. The van der Waals surface area contributed by atoms with Gasteiger partial charge in [-0.1, -0.05) is 35.1 Å². The minimum Gasteiger partial charge on any atom is -0.391 e. The van der Waals surface area contributed by atoms with Crippen LogP contribution in [0.1, 0.15) is 37.0 Å². The summed E-state index contributed by atoms with van der Waals surface area (Å²) in [4.78, 5) is 14.1. The molecule has 0 spiro atoms. The number of thioether (sulfide) groups is 1. The summed E-state index contributed by atoms with van der Waals surface area (Å²) in [6, 6.07) is 12.1. The van der Waals surface area contributed by atoms with Crippen molar-refractivity contribution < 1.29 is 4.84 Å². The van der Waals surface area contributed by atoms with Gasteiger partial charge in [0.2, 0.25) is 0 Å². The summed E-state index contributed by atoms with van der Waals surface area (Å²) in [5.74, 6) is 0.984. The molecule has 0 fully saturated rings. The Kier molecular flexibility index (Phi) is 5.38. The van der Waals surface area contributed by atoms with Crippen molar-refractivity contribution in [2.45, 2.75) is 32.4 Å². The molecular weight excluding hydrogens is 332 g/mol. The zero-order chi connectivity index (χ0) is 17.7. The lowest BCUT2D eigenvalue weighted by Gasteiger charge is -2.30. The van der Waals surface area contributed by atoms with Crippen molar-refractivity contribution in [2.75, 3.05) is 5.75 Å². The molecule has 3 rings (SSSR count). The number of nitrogens with two attached hydrogens (primary N) is 1. The summed E-state index contributed by atoms with van der Waals surface area (Å²) < 4.78 is 0. The van der Waals surface area contributed by atoms with Crippen molar-refractivity contribution in [3.8, 4) is 0 Å². The van der Waals surface area contributed by atoms with Crippen LogP contribution in [0.5, 0.6) is 0 Å². The molecule has 2 aromatic rings. The third-order valence-corrected chi connectivity index (χ3v) is 5.08. The maximum Gasteiger partial charge on any atom is 0.154 e. The summed E-state index contributed by atoms with van der Waals surface area (Å²) >= 11 is 1.61. The van der Waals surface area contributed by atoms with Gasteiger partial charge in [0, 0.05) is 18.1 Å². The van der Waals surface area contributed by atoms with Gasteiger partial charge in [0.1, 0.15) is 6.61 Å². The van der Waals surface area contributed by atoms with E-state index < -0.39 is 0 Å². The predicted molar refractivity (Wildman–Crippen MR) is 104 cm³/mol. The number of aromatic nitrogens is 1. The van der Waals surface area contributed by atoms with Crippen molar-refractivity contribution in [2.24, 2.45) is 15.9 Å². The van der Waals surface area contributed by atoms with Crippen LogP contribution < -0.4 is 5.73 Å². The van der Waals surface area contributed by atoms with Gasteiger partial charge in [-0.15, -0.1) is 0 Å². The van der Waals surface area contributed by atoms with Crippen molar-refractivity contribution in [3.05, 3.63) is 65.5 Å². The molecule has 0 bridgehead atoms. The van der Waals surface area contributed by atoms with Crippen molar-refractivity contribution in [3.63, 3.8) is 0 Å². The monoisotopic (exact) mass is 354 g/mol. The van der Waals surface area contributed by atoms with Crippen LogP contribution >= 0.6 is 11.8 Å². The summed E-state index contributed by atoms with van der Waals surface area (Å²) in [6.45, 7) is 4.50. The Hall–Kier alpha value is -2.34. The third kappa shape index (κ3) is 4.39. The largest absolute Gasteiger partial charge is 0.391 e. The molecule has 5 nitrogen and oxygen atoms in total. The molecule has 2 heterocycles. The van der Waals surface area contributed by atoms with Crippen molar-refractivity contribution >= 4 is 22.6 Å². The lowest BCUT2D eigenvalue weighted by molar-refractivity contribution is 0.130. The number of aliphatic imine (C=N–C) groups is 1. The Labute approximate surface area is 152 Å². The van der Waals surface area contributed by atoms with Gasteiger partial charge in [-0.05, 0) is 55.2 Å². The molecule has 0 saturated carbocycles. The van der Waals surface area contributed by atoms with Crippen LogP contribution in [0, 0.1) is 0 Å². The van der Waals surface area contributed by atoms with E-state index in [0.717, 1.165) is 34.6 Å². The van der Waals surface area contributed by atoms with Gasteiger partial charge in [-0.3, -0.25) is 9.98 Å². The van der Waals surface area contributed by atoms with Crippen LogP contribution in [0.3, 0.4) is 0 Å². The molecule has 6 heteroatoms. The average molecular weight is 354 g/mol. The van der Waals surface area contributed by atoms with E-state index in [4.69, 9.17) is 10.6 Å². The van der Waals surface area contributed by atoms with E-state index in [1.807, 2.05) is 31.2 Å². The minimum atomic E-state index is -0.274. The number of hydrogen-bond donors (Lipinski definition) is 1. The smallest absolute Gasteiger partial charge is 0.154 e. The van der Waals surface area contributed by atoms with E-state index in [-0.39, 0.29) is 5.54 Å². The quantitative estimate of drug-likeness (QED) is 0.656. The highest BCUT2D eigenvalue weighted by molar-refractivity contribution is 8.13. The molecule has 0 saturated heterocycles. The second-order valence-electron chi connectivity index (χ2n) is 6.21. The van der Waals surface area contributed by atoms with Crippen LogP contribution in [0.15, 0.2) is 58.9 Å². The fraction of sp³-hybridized carbons (Fsp3) is 0.316. The molecule has 1 aromatic heterocycles. The normalized spacial score (nSPS) is 20.9. The van der Waals surface area contributed by atoms with E-state index in [1.165, 1.54) is 0 Å². The summed E-state index contributed by atoms with van der Waals surface area (Å²) in [5, 5.41) is 4.90. The minimum absolute atomic E-state index is 0.274. The van der Waals surface area contributed by atoms with Crippen LogP contribution in [-0.4, -0.2) is 21.6 Å². The van der Waals surface area contributed by atoms with Crippen molar-refractivity contribution in [1.82, 2.24) is 4.98 Å². The van der Waals surface area contributed by atoms with Crippen LogP contribution in [0.25, 0.3) is 0 Å². The summed E-state index contributed by atoms with van der Waals surface area (Å²) in [6.07, 6.45) is 4.46. The SMILES string of the molecule is CC(=NOCc1ccncc1)c1cccc(C2(C)CCSC(N)=N2)c1. The van der Waals surface area contributed by atoms with Crippen LogP contribution in [0.4, 0.5) is 0 Å². The van der Waals surface area contributed by atoms with Gasteiger partial charge in [-0.25, -0.2) is 0 Å². The zero-order valence-electron chi connectivity index (χ0n) is 14.5. The average Bonchev–Trinajstić information content (AvgIpc) is 2.62. The Morgan fingerprint density at radius 3 is 2.88 bits per heavy atom. The Bertz CT molecular complexity index is 791. The van der Waals surface area contributed by atoms with Gasteiger partial charge in [0.05, 0.1) is 11.3 Å². The number of hydrogen-bond acceptors (Lipinski definition) is 6. The van der Waals surface area contributed by atoms with E-state index in [0.29, 0.717) is 11.8 Å². The van der Waals surface area contributed by atoms with Gasteiger partial charge >= 0.3 is 0 Å². The first-order valence-corrected chi connectivity index (χ1v) is 9.20. The number of rotatable bonds is 5. The second kappa shape index (κ2) is 7.70. The molecule has 1 atom stereocenters. The first-order valence-electron chi connectivity index (χ1n) is 8.21. The van der Waals surface area contributed by atoms with Crippen LogP contribution in [-0.2, 0) is 17.0 Å². The topological polar surface area (TPSA) is 72.9 Å². The highest BCUT2D eigenvalue weighted by Crippen LogP contribution is 2.35. The Morgan fingerprint density at radius 2 is 2.12 bits per heavy atom. The summed E-state index contributed by atoms with van der Waals surface area (Å²) in [7, 11) is 0.